The monoisotopic (exact) mass is 244 g/mol. The Labute approximate surface area is 103 Å². The summed E-state index contributed by atoms with van der Waals surface area (Å²) in [5.74, 6) is -0.864. The predicted octanol–water partition coefficient (Wildman–Crippen LogP) is 0.990. The van der Waals surface area contributed by atoms with Gasteiger partial charge < -0.3 is 10.4 Å². The molecule has 5 heteroatoms. The third-order valence-electron chi connectivity index (χ3n) is 2.38. The molecule has 0 saturated heterocycles. The summed E-state index contributed by atoms with van der Waals surface area (Å²) < 4.78 is 0. The van der Waals surface area contributed by atoms with E-state index in [9.17, 15) is 14.7 Å². The molecule has 100 valence electrons. The van der Waals surface area contributed by atoms with Crippen LogP contribution in [0.1, 0.15) is 41.0 Å². The van der Waals surface area contributed by atoms with Gasteiger partial charge in [-0.3, -0.25) is 14.9 Å². The molecule has 1 unspecified atom stereocenters. The Morgan fingerprint density at radius 3 is 2.12 bits per heavy atom. The number of carbonyl (C=O) groups is 2. The zero-order valence-electron chi connectivity index (χ0n) is 11.3. The minimum absolute atomic E-state index is 0.0215. The van der Waals surface area contributed by atoms with Crippen molar-refractivity contribution in [2.75, 3.05) is 6.54 Å². The van der Waals surface area contributed by atoms with Gasteiger partial charge in [0.15, 0.2) is 0 Å². The van der Waals surface area contributed by atoms with Gasteiger partial charge in [-0.05, 0) is 33.1 Å². The first-order valence-corrected chi connectivity index (χ1v) is 5.95. The number of nitrogens with one attached hydrogen (secondary N) is 2. The molecule has 0 aliphatic rings. The lowest BCUT2D eigenvalue weighted by atomic mass is 9.91. The van der Waals surface area contributed by atoms with Gasteiger partial charge in [0.2, 0.25) is 5.91 Å². The standard InChI is InChI=1S/C12H24N2O3/c1-8(2)6-12(5,11(16)17)13-7-10(15)14-9(3)4/h8-9,13H,6-7H2,1-5H3,(H,14,15)(H,16,17). The van der Waals surface area contributed by atoms with Gasteiger partial charge in [0.1, 0.15) is 5.54 Å². The Kier molecular flexibility index (Phi) is 6.16. The van der Waals surface area contributed by atoms with Gasteiger partial charge >= 0.3 is 5.97 Å². The maximum absolute atomic E-state index is 11.4. The van der Waals surface area contributed by atoms with E-state index in [2.05, 4.69) is 10.6 Å². The smallest absolute Gasteiger partial charge is 0.323 e. The van der Waals surface area contributed by atoms with Crippen LogP contribution in [0.25, 0.3) is 0 Å². The van der Waals surface area contributed by atoms with E-state index in [0.717, 1.165) is 0 Å². The van der Waals surface area contributed by atoms with E-state index in [1.54, 1.807) is 6.92 Å². The van der Waals surface area contributed by atoms with Crippen molar-refractivity contribution >= 4 is 11.9 Å². The van der Waals surface area contributed by atoms with Crippen LogP contribution in [0, 0.1) is 5.92 Å². The van der Waals surface area contributed by atoms with Gasteiger partial charge in [0.25, 0.3) is 0 Å². The Morgan fingerprint density at radius 1 is 1.24 bits per heavy atom. The highest BCUT2D eigenvalue weighted by Crippen LogP contribution is 2.16. The molecule has 0 aromatic heterocycles. The number of carbonyl (C=O) groups excluding carboxylic acids is 1. The summed E-state index contributed by atoms with van der Waals surface area (Å²) in [6.45, 7) is 9.27. The molecule has 0 saturated carbocycles. The van der Waals surface area contributed by atoms with E-state index < -0.39 is 11.5 Å². The molecule has 0 aromatic carbocycles. The van der Waals surface area contributed by atoms with Crippen LogP contribution < -0.4 is 10.6 Å². The molecule has 0 rings (SSSR count). The Morgan fingerprint density at radius 2 is 1.76 bits per heavy atom. The van der Waals surface area contributed by atoms with Crippen molar-refractivity contribution in [3.63, 3.8) is 0 Å². The zero-order chi connectivity index (χ0) is 13.6. The van der Waals surface area contributed by atoms with E-state index in [-0.39, 0.29) is 24.4 Å². The molecule has 3 N–H and O–H groups in total. The predicted molar refractivity (Wildman–Crippen MR) is 66.8 cm³/mol. The normalized spacial score (nSPS) is 14.8. The number of aliphatic carboxylic acids is 1. The number of carboxylic acids is 1. The van der Waals surface area contributed by atoms with Crippen LogP contribution in [0.2, 0.25) is 0 Å². The second kappa shape index (κ2) is 6.59. The molecular formula is C12H24N2O3. The minimum atomic E-state index is -1.05. The summed E-state index contributed by atoms with van der Waals surface area (Å²) in [4.78, 5) is 22.6. The summed E-state index contributed by atoms with van der Waals surface area (Å²) in [6.07, 6.45) is 0.483. The van der Waals surface area contributed by atoms with E-state index in [4.69, 9.17) is 0 Å². The lowest BCUT2D eigenvalue weighted by Crippen LogP contribution is -2.53. The molecule has 0 aliphatic carbocycles. The van der Waals surface area contributed by atoms with Crippen molar-refractivity contribution in [1.82, 2.24) is 10.6 Å². The number of carboxylic acid groups (broad SMARTS) is 1. The third-order valence-corrected chi connectivity index (χ3v) is 2.38. The van der Waals surface area contributed by atoms with Gasteiger partial charge in [-0.15, -0.1) is 0 Å². The molecule has 0 aromatic rings. The van der Waals surface area contributed by atoms with Crippen LogP contribution in [0.5, 0.6) is 0 Å². The summed E-state index contributed by atoms with van der Waals surface area (Å²) in [7, 11) is 0. The molecule has 0 heterocycles. The minimum Gasteiger partial charge on any atom is -0.480 e. The van der Waals surface area contributed by atoms with E-state index in [1.165, 1.54) is 0 Å². The van der Waals surface area contributed by atoms with Crippen LogP contribution >= 0.6 is 0 Å². The first-order chi connectivity index (χ1) is 7.67. The van der Waals surface area contributed by atoms with Gasteiger partial charge in [-0.25, -0.2) is 0 Å². The van der Waals surface area contributed by atoms with Crippen molar-refractivity contribution in [2.24, 2.45) is 5.92 Å². The fourth-order valence-corrected chi connectivity index (χ4v) is 1.70. The number of rotatable bonds is 7. The molecule has 1 amide bonds. The van der Waals surface area contributed by atoms with Gasteiger partial charge in [-0.1, -0.05) is 13.8 Å². The van der Waals surface area contributed by atoms with E-state index in [0.29, 0.717) is 6.42 Å². The first kappa shape index (κ1) is 15.9. The van der Waals surface area contributed by atoms with Crippen LogP contribution in [0.15, 0.2) is 0 Å². The quantitative estimate of drug-likeness (QED) is 0.624. The lowest BCUT2D eigenvalue weighted by Gasteiger charge is -2.28. The Hall–Kier alpha value is -1.10. The SMILES string of the molecule is CC(C)CC(C)(NCC(=O)NC(C)C)C(=O)O. The van der Waals surface area contributed by atoms with Crippen molar-refractivity contribution in [3.05, 3.63) is 0 Å². The van der Waals surface area contributed by atoms with Crippen LogP contribution in [0.3, 0.4) is 0 Å². The first-order valence-electron chi connectivity index (χ1n) is 5.95. The fraction of sp³-hybridized carbons (Fsp3) is 0.833. The molecule has 0 bridgehead atoms. The highest BCUT2D eigenvalue weighted by atomic mass is 16.4. The number of amides is 1. The van der Waals surface area contributed by atoms with Gasteiger partial charge in [-0.2, -0.15) is 0 Å². The second-order valence-electron chi connectivity index (χ2n) is 5.31. The van der Waals surface area contributed by atoms with Crippen molar-refractivity contribution in [2.45, 2.75) is 52.6 Å². The van der Waals surface area contributed by atoms with Crippen LogP contribution in [-0.4, -0.2) is 35.1 Å². The largest absolute Gasteiger partial charge is 0.480 e. The molecule has 0 fully saturated rings. The lowest BCUT2D eigenvalue weighted by molar-refractivity contribution is -0.145. The molecule has 0 spiro atoms. The topological polar surface area (TPSA) is 78.4 Å². The van der Waals surface area contributed by atoms with E-state index in [1.807, 2.05) is 27.7 Å². The third kappa shape index (κ3) is 6.26. The summed E-state index contributed by atoms with van der Waals surface area (Å²) in [6, 6.07) is 0.0606. The molecular weight excluding hydrogens is 220 g/mol. The molecule has 1 atom stereocenters. The number of hydrogen-bond donors (Lipinski definition) is 3. The van der Waals surface area contributed by atoms with Crippen LogP contribution in [-0.2, 0) is 9.59 Å². The average Bonchev–Trinajstić information content (AvgIpc) is 2.12. The number of hydrogen-bond acceptors (Lipinski definition) is 3. The van der Waals surface area contributed by atoms with Gasteiger partial charge in [0.05, 0.1) is 6.54 Å². The average molecular weight is 244 g/mol. The highest BCUT2D eigenvalue weighted by molar-refractivity contribution is 5.82. The molecule has 0 radical (unpaired) electrons. The second-order valence-corrected chi connectivity index (χ2v) is 5.31. The van der Waals surface area contributed by atoms with Crippen molar-refractivity contribution < 1.29 is 14.7 Å². The molecule has 0 aliphatic heterocycles. The highest BCUT2D eigenvalue weighted by Gasteiger charge is 2.33. The summed E-state index contributed by atoms with van der Waals surface area (Å²) in [5, 5.41) is 14.7. The molecule has 17 heavy (non-hydrogen) atoms. The Bertz CT molecular complexity index is 277. The maximum atomic E-state index is 11.4. The van der Waals surface area contributed by atoms with Crippen molar-refractivity contribution in [1.29, 1.82) is 0 Å². The Balaban J connectivity index is 4.37. The maximum Gasteiger partial charge on any atom is 0.323 e. The van der Waals surface area contributed by atoms with E-state index >= 15 is 0 Å². The zero-order valence-corrected chi connectivity index (χ0v) is 11.3. The van der Waals surface area contributed by atoms with Gasteiger partial charge in [0, 0.05) is 6.04 Å². The fourth-order valence-electron chi connectivity index (χ4n) is 1.70. The molecule has 5 nitrogen and oxygen atoms in total. The summed E-state index contributed by atoms with van der Waals surface area (Å²) >= 11 is 0. The van der Waals surface area contributed by atoms with Crippen LogP contribution in [0.4, 0.5) is 0 Å². The summed E-state index contributed by atoms with van der Waals surface area (Å²) in [5.41, 5.74) is -1.05. The van der Waals surface area contributed by atoms with Crippen molar-refractivity contribution in [3.8, 4) is 0 Å².